The molecular weight excluding hydrogens is 461 g/mol. The number of hydrogen-bond donors (Lipinski definition) is 1. The molecule has 1 N–H and O–H groups in total. The summed E-state index contributed by atoms with van der Waals surface area (Å²) in [6.07, 6.45) is 1.73. The third-order valence-electron chi connectivity index (χ3n) is 4.56. The van der Waals surface area contributed by atoms with E-state index in [2.05, 4.69) is 56.6 Å². The Morgan fingerprint density at radius 1 is 1.27 bits per heavy atom. The van der Waals surface area contributed by atoms with Gasteiger partial charge in [-0.3, -0.25) is 9.89 Å². The summed E-state index contributed by atoms with van der Waals surface area (Å²) in [7, 11) is 5.99. The molecule has 1 saturated heterocycles. The molecule has 8 heteroatoms. The maximum absolute atomic E-state index is 5.58. The van der Waals surface area contributed by atoms with Gasteiger partial charge in [0.15, 0.2) is 5.96 Å². The Hall–Kier alpha value is -1.26. The molecule has 3 rings (SSSR count). The second-order valence-corrected chi connectivity index (χ2v) is 7.27. The molecule has 2 aromatic heterocycles. The quantitative estimate of drug-likeness (QED) is 0.398. The fourth-order valence-electron chi connectivity index (χ4n) is 3.13. The van der Waals surface area contributed by atoms with Crippen molar-refractivity contribution in [2.24, 2.45) is 4.99 Å². The lowest BCUT2D eigenvalue weighted by atomic mass is 10.2. The molecule has 26 heavy (non-hydrogen) atoms. The normalized spacial score (nSPS) is 16.5. The van der Waals surface area contributed by atoms with Gasteiger partial charge in [-0.1, -0.05) is 0 Å². The van der Waals surface area contributed by atoms with Gasteiger partial charge in [0.2, 0.25) is 0 Å². The van der Waals surface area contributed by atoms with Crippen LogP contribution in [0, 0.1) is 0 Å². The first kappa shape index (κ1) is 21.0. The van der Waals surface area contributed by atoms with E-state index in [4.69, 9.17) is 4.42 Å². The molecule has 0 aliphatic carbocycles. The molecule has 1 aliphatic rings. The Bertz CT molecular complexity index is 651. The van der Waals surface area contributed by atoms with Crippen molar-refractivity contribution >= 4 is 46.3 Å². The molecule has 0 bridgehead atoms. The Kier molecular flexibility index (Phi) is 8.23. The lowest BCUT2D eigenvalue weighted by Gasteiger charge is -2.37. The lowest BCUT2D eigenvalue weighted by molar-refractivity contribution is 0.255. The van der Waals surface area contributed by atoms with Crippen LogP contribution < -0.4 is 10.2 Å². The minimum absolute atomic E-state index is 0. The molecule has 0 amide bonds. The highest BCUT2D eigenvalue weighted by molar-refractivity contribution is 14.0. The summed E-state index contributed by atoms with van der Waals surface area (Å²) in [5.41, 5.74) is 0. The van der Waals surface area contributed by atoms with Crippen LogP contribution >= 0.6 is 35.3 Å². The zero-order valence-electron chi connectivity index (χ0n) is 15.6. The van der Waals surface area contributed by atoms with Crippen molar-refractivity contribution in [1.29, 1.82) is 0 Å². The maximum atomic E-state index is 5.58. The van der Waals surface area contributed by atoms with Crippen molar-refractivity contribution in [2.75, 3.05) is 58.8 Å². The largest absolute Gasteiger partial charge is 0.468 e. The molecule has 0 radical (unpaired) electrons. The number of halogens is 1. The minimum atomic E-state index is 0. The third kappa shape index (κ3) is 5.14. The fourth-order valence-corrected chi connectivity index (χ4v) is 3.91. The van der Waals surface area contributed by atoms with Gasteiger partial charge in [-0.25, -0.2) is 0 Å². The second-order valence-electron chi connectivity index (χ2n) is 6.35. The number of piperazine rings is 1. The Morgan fingerprint density at radius 2 is 2.04 bits per heavy atom. The van der Waals surface area contributed by atoms with E-state index in [1.54, 1.807) is 17.6 Å². The number of likely N-dealkylation sites (N-methyl/N-ethyl adjacent to an activating group) is 1. The maximum Gasteiger partial charge on any atom is 0.193 e. The topological polar surface area (TPSA) is 47.3 Å². The third-order valence-corrected chi connectivity index (χ3v) is 5.49. The highest BCUT2D eigenvalue weighted by atomic mass is 127. The van der Waals surface area contributed by atoms with Crippen LogP contribution in [0.15, 0.2) is 45.3 Å². The van der Waals surface area contributed by atoms with Crippen molar-refractivity contribution < 1.29 is 4.42 Å². The smallest absolute Gasteiger partial charge is 0.193 e. The number of hydrogen-bond acceptors (Lipinski definition) is 5. The number of guanidine groups is 1. The number of rotatable bonds is 5. The second kappa shape index (κ2) is 10.2. The van der Waals surface area contributed by atoms with Crippen LogP contribution in [0.25, 0.3) is 0 Å². The van der Waals surface area contributed by atoms with Gasteiger partial charge in [-0.2, -0.15) is 0 Å². The molecule has 1 fully saturated rings. The van der Waals surface area contributed by atoms with Crippen molar-refractivity contribution in [3.8, 4) is 0 Å². The van der Waals surface area contributed by atoms with Crippen molar-refractivity contribution in [3.63, 3.8) is 0 Å². The Balaban J connectivity index is 0.00000243. The zero-order valence-corrected chi connectivity index (χ0v) is 18.7. The van der Waals surface area contributed by atoms with Crippen LogP contribution in [-0.2, 0) is 0 Å². The number of anilines is 1. The summed E-state index contributed by atoms with van der Waals surface area (Å²) in [4.78, 5) is 11.4. The molecule has 1 aliphatic heterocycles. The van der Waals surface area contributed by atoms with Gasteiger partial charge in [0, 0.05) is 39.8 Å². The Labute approximate surface area is 176 Å². The van der Waals surface area contributed by atoms with Crippen LogP contribution in [-0.4, -0.2) is 69.6 Å². The van der Waals surface area contributed by atoms with Crippen LogP contribution in [0.1, 0.15) is 11.8 Å². The molecular formula is C18H28IN5OS. The van der Waals surface area contributed by atoms with E-state index in [1.165, 1.54) is 5.00 Å². The summed E-state index contributed by atoms with van der Waals surface area (Å²) >= 11 is 1.81. The standard InChI is InChI=1S/C18H27N5OS.HI/c1-19-18(20-14-15(21(2)3)16-6-4-12-24-16)23-10-8-22(9-11-23)17-7-5-13-25-17;/h4-7,12-13,15H,8-11,14H2,1-3H3,(H,19,20);1H. The van der Waals surface area contributed by atoms with Gasteiger partial charge in [0.25, 0.3) is 0 Å². The van der Waals surface area contributed by atoms with Gasteiger partial charge >= 0.3 is 0 Å². The molecule has 0 aromatic carbocycles. The first-order valence-corrected chi connectivity index (χ1v) is 9.51. The fraction of sp³-hybridized carbons (Fsp3) is 0.500. The first-order chi connectivity index (χ1) is 12.2. The first-order valence-electron chi connectivity index (χ1n) is 8.63. The van der Waals surface area contributed by atoms with Gasteiger partial charge in [-0.05, 0) is 43.7 Å². The number of thiophene rings is 1. The predicted octanol–water partition coefficient (Wildman–Crippen LogP) is 2.96. The van der Waals surface area contributed by atoms with E-state index < -0.39 is 0 Å². The molecule has 1 unspecified atom stereocenters. The SMILES string of the molecule is CN=C(NCC(c1ccco1)N(C)C)N1CCN(c2cccs2)CC1.I. The number of nitrogens with one attached hydrogen (secondary N) is 1. The van der Waals surface area contributed by atoms with E-state index in [-0.39, 0.29) is 30.0 Å². The van der Waals surface area contributed by atoms with E-state index >= 15 is 0 Å². The molecule has 0 spiro atoms. The van der Waals surface area contributed by atoms with Gasteiger partial charge < -0.3 is 19.5 Å². The Morgan fingerprint density at radius 3 is 2.58 bits per heavy atom. The van der Waals surface area contributed by atoms with Crippen LogP contribution in [0.4, 0.5) is 5.00 Å². The van der Waals surface area contributed by atoms with Crippen LogP contribution in [0.3, 0.4) is 0 Å². The van der Waals surface area contributed by atoms with Gasteiger partial charge in [-0.15, -0.1) is 35.3 Å². The van der Waals surface area contributed by atoms with Crippen LogP contribution in [0.2, 0.25) is 0 Å². The van der Waals surface area contributed by atoms with Crippen LogP contribution in [0.5, 0.6) is 0 Å². The predicted molar refractivity (Wildman–Crippen MR) is 120 cm³/mol. The van der Waals surface area contributed by atoms with Crippen molar-refractivity contribution in [3.05, 3.63) is 41.7 Å². The molecule has 3 heterocycles. The summed E-state index contributed by atoms with van der Waals surface area (Å²) < 4.78 is 5.58. The summed E-state index contributed by atoms with van der Waals surface area (Å²) in [5, 5.41) is 7.01. The van der Waals surface area contributed by atoms with Crippen molar-refractivity contribution in [2.45, 2.75) is 6.04 Å². The van der Waals surface area contributed by atoms with Crippen molar-refractivity contribution in [1.82, 2.24) is 15.1 Å². The molecule has 1 atom stereocenters. The zero-order chi connectivity index (χ0) is 17.6. The van der Waals surface area contributed by atoms with E-state index in [1.807, 2.05) is 19.2 Å². The van der Waals surface area contributed by atoms with Gasteiger partial charge in [0.05, 0.1) is 17.3 Å². The van der Waals surface area contributed by atoms with E-state index in [9.17, 15) is 0 Å². The van der Waals surface area contributed by atoms with E-state index in [0.29, 0.717) is 0 Å². The summed E-state index contributed by atoms with van der Waals surface area (Å²) in [6.45, 7) is 4.77. The minimum Gasteiger partial charge on any atom is -0.468 e. The average Bonchev–Trinajstić information content (AvgIpc) is 3.32. The molecule has 2 aromatic rings. The summed E-state index contributed by atoms with van der Waals surface area (Å²) in [5.74, 6) is 1.93. The lowest BCUT2D eigenvalue weighted by Crippen LogP contribution is -2.53. The highest BCUT2D eigenvalue weighted by Crippen LogP contribution is 2.22. The molecule has 0 saturated carbocycles. The monoisotopic (exact) mass is 489 g/mol. The number of furan rings is 1. The van der Waals surface area contributed by atoms with E-state index in [0.717, 1.165) is 44.4 Å². The molecule has 6 nitrogen and oxygen atoms in total. The number of aliphatic imine (C=N–C) groups is 1. The number of nitrogens with zero attached hydrogens (tertiary/aromatic N) is 4. The average molecular weight is 489 g/mol. The van der Waals surface area contributed by atoms with Gasteiger partial charge in [0.1, 0.15) is 5.76 Å². The molecule has 144 valence electrons. The summed E-state index contributed by atoms with van der Waals surface area (Å²) in [6, 6.07) is 8.44. The highest BCUT2D eigenvalue weighted by Gasteiger charge is 2.22.